The van der Waals surface area contributed by atoms with Gasteiger partial charge in [-0.1, -0.05) is 40.9 Å². The summed E-state index contributed by atoms with van der Waals surface area (Å²) in [6, 6.07) is 11.6. The van der Waals surface area contributed by atoms with Crippen LogP contribution in [0.25, 0.3) is 0 Å². The minimum absolute atomic E-state index is 0.311. The minimum atomic E-state index is -0.558. The molecule has 6 heteroatoms. The Morgan fingerprint density at radius 3 is 2.41 bits per heavy atom. The average Bonchev–Trinajstić information content (AvgIpc) is 2.48. The SMILES string of the molecule is Cc1ccc(C(=O)OCC(=O)Nc2ccc(Cl)cc2Cl)cc1. The average molecular weight is 338 g/mol. The molecule has 2 rings (SSSR count). The predicted octanol–water partition coefficient (Wildman–Crippen LogP) is 4.10. The van der Waals surface area contributed by atoms with Gasteiger partial charge in [-0.05, 0) is 37.3 Å². The molecule has 1 amide bonds. The van der Waals surface area contributed by atoms with E-state index in [0.717, 1.165) is 5.56 Å². The highest BCUT2D eigenvalue weighted by molar-refractivity contribution is 6.36. The number of carbonyl (C=O) groups is 2. The smallest absolute Gasteiger partial charge is 0.338 e. The second-order valence-corrected chi connectivity index (χ2v) is 5.46. The van der Waals surface area contributed by atoms with Crippen molar-refractivity contribution in [3.05, 3.63) is 63.6 Å². The Labute approximate surface area is 138 Å². The molecule has 0 saturated heterocycles. The third-order valence-corrected chi connectivity index (χ3v) is 3.37. The van der Waals surface area contributed by atoms with E-state index >= 15 is 0 Å². The molecule has 0 heterocycles. The molecule has 4 nitrogen and oxygen atoms in total. The van der Waals surface area contributed by atoms with Crippen LogP contribution in [0.4, 0.5) is 5.69 Å². The lowest BCUT2D eigenvalue weighted by Crippen LogP contribution is -2.21. The molecule has 2 aromatic rings. The molecule has 0 spiro atoms. The molecular weight excluding hydrogens is 325 g/mol. The van der Waals surface area contributed by atoms with Crippen LogP contribution < -0.4 is 5.32 Å². The zero-order valence-corrected chi connectivity index (χ0v) is 13.2. The van der Waals surface area contributed by atoms with Gasteiger partial charge < -0.3 is 10.1 Å². The highest BCUT2D eigenvalue weighted by Gasteiger charge is 2.11. The molecule has 0 atom stereocenters. The van der Waals surface area contributed by atoms with Crippen LogP contribution in [0.5, 0.6) is 0 Å². The second-order valence-electron chi connectivity index (χ2n) is 4.61. The van der Waals surface area contributed by atoms with E-state index in [4.69, 9.17) is 27.9 Å². The first kappa shape index (κ1) is 16.3. The molecule has 1 N–H and O–H groups in total. The molecule has 0 bridgehead atoms. The Hall–Kier alpha value is -2.04. The van der Waals surface area contributed by atoms with Crippen molar-refractivity contribution < 1.29 is 14.3 Å². The van der Waals surface area contributed by atoms with Gasteiger partial charge in [0.2, 0.25) is 0 Å². The minimum Gasteiger partial charge on any atom is -0.452 e. The standard InChI is InChI=1S/C16H13Cl2NO3/c1-10-2-4-11(5-3-10)16(21)22-9-15(20)19-14-7-6-12(17)8-13(14)18/h2-8H,9H2,1H3,(H,19,20). The number of aryl methyl sites for hydroxylation is 1. The van der Waals surface area contributed by atoms with E-state index in [9.17, 15) is 9.59 Å². The van der Waals surface area contributed by atoms with E-state index < -0.39 is 18.5 Å². The number of ether oxygens (including phenoxy) is 1. The maximum Gasteiger partial charge on any atom is 0.338 e. The van der Waals surface area contributed by atoms with E-state index in [-0.39, 0.29) is 0 Å². The summed E-state index contributed by atoms with van der Waals surface area (Å²) < 4.78 is 4.95. The number of amides is 1. The molecule has 2 aromatic carbocycles. The topological polar surface area (TPSA) is 55.4 Å². The Morgan fingerprint density at radius 1 is 1.09 bits per heavy atom. The summed E-state index contributed by atoms with van der Waals surface area (Å²) in [6.07, 6.45) is 0. The van der Waals surface area contributed by atoms with Crippen LogP contribution >= 0.6 is 23.2 Å². The second kappa shape index (κ2) is 7.29. The van der Waals surface area contributed by atoms with Crippen LogP contribution in [0, 0.1) is 6.92 Å². The van der Waals surface area contributed by atoms with Gasteiger partial charge in [0.25, 0.3) is 5.91 Å². The van der Waals surface area contributed by atoms with Crippen LogP contribution in [-0.2, 0) is 9.53 Å². The molecule has 0 aromatic heterocycles. The van der Waals surface area contributed by atoms with E-state index in [1.54, 1.807) is 36.4 Å². The van der Waals surface area contributed by atoms with Crippen LogP contribution in [0.2, 0.25) is 10.0 Å². The fourth-order valence-electron chi connectivity index (χ4n) is 1.68. The van der Waals surface area contributed by atoms with Crippen LogP contribution in [-0.4, -0.2) is 18.5 Å². The molecule has 0 radical (unpaired) electrons. The maximum atomic E-state index is 11.8. The Morgan fingerprint density at radius 2 is 1.77 bits per heavy atom. The van der Waals surface area contributed by atoms with Gasteiger partial charge in [-0.15, -0.1) is 0 Å². The maximum absolute atomic E-state index is 11.8. The number of halogens is 2. The highest BCUT2D eigenvalue weighted by atomic mass is 35.5. The molecular formula is C16H13Cl2NO3. The summed E-state index contributed by atoms with van der Waals surface area (Å²) >= 11 is 11.7. The highest BCUT2D eigenvalue weighted by Crippen LogP contribution is 2.25. The third kappa shape index (κ3) is 4.48. The number of anilines is 1. The van der Waals surface area contributed by atoms with Crippen LogP contribution in [0.15, 0.2) is 42.5 Å². The van der Waals surface area contributed by atoms with E-state index in [0.29, 0.717) is 21.3 Å². The normalized spacial score (nSPS) is 10.1. The number of esters is 1. The monoisotopic (exact) mass is 337 g/mol. The summed E-state index contributed by atoms with van der Waals surface area (Å²) in [6.45, 7) is 1.52. The van der Waals surface area contributed by atoms with Gasteiger partial charge in [0.1, 0.15) is 0 Å². The lowest BCUT2D eigenvalue weighted by atomic mass is 10.1. The molecule has 22 heavy (non-hydrogen) atoms. The van der Waals surface area contributed by atoms with Crippen molar-refractivity contribution in [2.45, 2.75) is 6.92 Å². The van der Waals surface area contributed by atoms with Crippen LogP contribution in [0.3, 0.4) is 0 Å². The van der Waals surface area contributed by atoms with Crippen molar-refractivity contribution in [2.24, 2.45) is 0 Å². The lowest BCUT2D eigenvalue weighted by molar-refractivity contribution is -0.119. The van der Waals surface area contributed by atoms with Crippen molar-refractivity contribution in [1.29, 1.82) is 0 Å². The first-order valence-corrected chi connectivity index (χ1v) is 7.20. The Balaban J connectivity index is 1.89. The Bertz CT molecular complexity index is 699. The summed E-state index contributed by atoms with van der Waals surface area (Å²) in [7, 11) is 0. The molecule has 114 valence electrons. The largest absolute Gasteiger partial charge is 0.452 e. The summed E-state index contributed by atoms with van der Waals surface area (Å²) in [5.74, 6) is -1.04. The number of hydrogen-bond donors (Lipinski definition) is 1. The third-order valence-electron chi connectivity index (χ3n) is 2.83. The first-order chi connectivity index (χ1) is 10.5. The van der Waals surface area contributed by atoms with E-state index in [1.807, 2.05) is 6.92 Å². The fraction of sp³-hybridized carbons (Fsp3) is 0.125. The number of carbonyl (C=O) groups excluding carboxylic acids is 2. The summed E-state index contributed by atoms with van der Waals surface area (Å²) in [5.41, 5.74) is 1.83. The predicted molar refractivity (Wildman–Crippen MR) is 86.6 cm³/mol. The van der Waals surface area contributed by atoms with E-state index in [1.165, 1.54) is 6.07 Å². The zero-order valence-electron chi connectivity index (χ0n) is 11.7. The van der Waals surface area contributed by atoms with Crippen LogP contribution in [0.1, 0.15) is 15.9 Å². The molecule has 0 aliphatic heterocycles. The summed E-state index contributed by atoms with van der Waals surface area (Å²) in [5, 5.41) is 3.32. The quantitative estimate of drug-likeness (QED) is 0.854. The number of hydrogen-bond acceptors (Lipinski definition) is 3. The van der Waals surface area contributed by atoms with Gasteiger partial charge in [-0.2, -0.15) is 0 Å². The van der Waals surface area contributed by atoms with Gasteiger partial charge in [-0.25, -0.2) is 4.79 Å². The number of nitrogens with one attached hydrogen (secondary N) is 1. The number of benzene rings is 2. The van der Waals surface area contributed by atoms with Gasteiger partial charge in [0, 0.05) is 5.02 Å². The van der Waals surface area contributed by atoms with Gasteiger partial charge in [-0.3, -0.25) is 4.79 Å². The number of rotatable bonds is 4. The lowest BCUT2D eigenvalue weighted by Gasteiger charge is -2.08. The van der Waals surface area contributed by atoms with Crippen molar-refractivity contribution in [3.8, 4) is 0 Å². The molecule has 0 fully saturated rings. The van der Waals surface area contributed by atoms with Gasteiger partial charge in [0.15, 0.2) is 6.61 Å². The molecule has 0 unspecified atom stereocenters. The van der Waals surface area contributed by atoms with Crippen molar-refractivity contribution in [1.82, 2.24) is 0 Å². The van der Waals surface area contributed by atoms with Crippen molar-refractivity contribution in [2.75, 3.05) is 11.9 Å². The molecule has 0 aliphatic rings. The first-order valence-electron chi connectivity index (χ1n) is 6.44. The van der Waals surface area contributed by atoms with Crippen molar-refractivity contribution >= 4 is 40.8 Å². The van der Waals surface area contributed by atoms with Gasteiger partial charge in [0.05, 0.1) is 16.3 Å². The Kier molecular flexibility index (Phi) is 5.41. The summed E-state index contributed by atoms with van der Waals surface area (Å²) in [4.78, 5) is 23.5. The van der Waals surface area contributed by atoms with Crippen molar-refractivity contribution in [3.63, 3.8) is 0 Å². The van der Waals surface area contributed by atoms with Gasteiger partial charge >= 0.3 is 5.97 Å². The zero-order chi connectivity index (χ0) is 16.1. The molecule has 0 saturated carbocycles. The molecule has 0 aliphatic carbocycles. The fourth-order valence-corrected chi connectivity index (χ4v) is 2.14. The van der Waals surface area contributed by atoms with E-state index in [2.05, 4.69) is 5.32 Å².